The molecule has 0 bridgehead atoms. The number of carbonyl (C=O) groups excluding carboxylic acids is 2. The van der Waals surface area contributed by atoms with Gasteiger partial charge in [0.25, 0.3) is 0 Å². The van der Waals surface area contributed by atoms with E-state index in [4.69, 9.17) is 11.6 Å². The van der Waals surface area contributed by atoms with E-state index in [1.54, 1.807) is 0 Å². The van der Waals surface area contributed by atoms with Crippen molar-refractivity contribution in [3.63, 3.8) is 0 Å². The first-order valence-corrected chi connectivity index (χ1v) is 8.26. The number of amides is 2. The Labute approximate surface area is 129 Å². The lowest BCUT2D eigenvalue weighted by Crippen LogP contribution is -2.52. The fourth-order valence-electron chi connectivity index (χ4n) is 1.75. The minimum absolute atomic E-state index is 0.0409. The molecule has 0 spiro atoms. The van der Waals surface area contributed by atoms with Crippen LogP contribution in [-0.4, -0.2) is 26.3 Å². The molecule has 1 aliphatic rings. The van der Waals surface area contributed by atoms with Gasteiger partial charge in [-0.1, -0.05) is 27.5 Å². The van der Waals surface area contributed by atoms with Gasteiger partial charge >= 0.3 is 0 Å². The molecule has 0 aliphatic carbocycles. The van der Waals surface area contributed by atoms with Crippen LogP contribution in [0, 0.1) is 0 Å². The third-order valence-electron chi connectivity index (χ3n) is 2.72. The zero-order valence-corrected chi connectivity index (χ0v) is 13.2. The van der Waals surface area contributed by atoms with E-state index in [1.165, 1.54) is 18.2 Å². The van der Waals surface area contributed by atoms with E-state index in [0.717, 1.165) is 0 Å². The summed E-state index contributed by atoms with van der Waals surface area (Å²) in [6.45, 7) is 0. The fraction of sp³-hybridized carbons (Fsp3) is 0.273. The van der Waals surface area contributed by atoms with Crippen molar-refractivity contribution >= 4 is 49.4 Å². The number of rotatable bonds is 3. The van der Waals surface area contributed by atoms with Gasteiger partial charge < -0.3 is 0 Å². The summed E-state index contributed by atoms with van der Waals surface area (Å²) < 4.78 is 27.3. The molecular formula is C11H10BrClN2O4S. The van der Waals surface area contributed by atoms with E-state index < -0.39 is 27.9 Å². The second kappa shape index (κ2) is 5.80. The maximum atomic E-state index is 12.2. The number of hydrogen-bond donors (Lipinski definition) is 2. The molecule has 1 aliphatic heterocycles. The van der Waals surface area contributed by atoms with E-state index in [9.17, 15) is 18.0 Å². The molecule has 1 aromatic rings. The van der Waals surface area contributed by atoms with Crippen LogP contribution in [0.5, 0.6) is 0 Å². The summed E-state index contributed by atoms with van der Waals surface area (Å²) in [4.78, 5) is 22.4. The van der Waals surface area contributed by atoms with E-state index in [0.29, 0.717) is 4.47 Å². The van der Waals surface area contributed by atoms with Gasteiger partial charge in [0.15, 0.2) is 0 Å². The van der Waals surface area contributed by atoms with Crippen molar-refractivity contribution in [2.75, 3.05) is 0 Å². The maximum absolute atomic E-state index is 12.2. The van der Waals surface area contributed by atoms with Gasteiger partial charge in [-0.25, -0.2) is 8.42 Å². The molecule has 2 N–H and O–H groups in total. The minimum atomic E-state index is -3.93. The Kier molecular flexibility index (Phi) is 4.48. The second-order valence-corrected chi connectivity index (χ2v) is 7.20. The molecule has 1 fully saturated rings. The third-order valence-corrected chi connectivity index (χ3v) is 5.17. The van der Waals surface area contributed by atoms with Gasteiger partial charge in [-0.2, -0.15) is 4.72 Å². The molecule has 0 radical (unpaired) electrons. The van der Waals surface area contributed by atoms with Gasteiger partial charge in [0.2, 0.25) is 21.8 Å². The topological polar surface area (TPSA) is 92.3 Å². The summed E-state index contributed by atoms with van der Waals surface area (Å²) in [6, 6.07) is 3.34. The molecule has 20 heavy (non-hydrogen) atoms. The highest BCUT2D eigenvalue weighted by molar-refractivity contribution is 9.10. The van der Waals surface area contributed by atoms with Crippen LogP contribution in [0.4, 0.5) is 0 Å². The molecule has 0 aromatic heterocycles. The molecule has 6 nitrogen and oxygen atoms in total. The van der Waals surface area contributed by atoms with E-state index in [1.807, 2.05) is 0 Å². The monoisotopic (exact) mass is 380 g/mol. The molecule has 1 atom stereocenters. The number of sulfonamides is 1. The Morgan fingerprint density at radius 2 is 2.05 bits per heavy atom. The summed E-state index contributed by atoms with van der Waals surface area (Å²) in [7, 11) is -3.93. The zero-order chi connectivity index (χ0) is 14.9. The van der Waals surface area contributed by atoms with Crippen LogP contribution in [0.1, 0.15) is 12.8 Å². The quantitative estimate of drug-likeness (QED) is 0.769. The molecule has 1 aromatic carbocycles. The lowest BCUT2D eigenvalue weighted by molar-refractivity contribution is -0.134. The highest BCUT2D eigenvalue weighted by Gasteiger charge is 2.31. The first-order chi connectivity index (χ1) is 9.29. The Morgan fingerprint density at radius 1 is 1.35 bits per heavy atom. The zero-order valence-electron chi connectivity index (χ0n) is 10.0. The standard InChI is InChI=1S/C11H10BrClN2O4S/c12-6-1-3-9(7(13)5-6)20(18,19)15-8-2-4-10(16)14-11(8)17/h1,3,5,8,15H,2,4H2,(H,14,16,17). The van der Waals surface area contributed by atoms with Crippen LogP contribution in [-0.2, 0) is 19.6 Å². The number of imide groups is 1. The van der Waals surface area contributed by atoms with Crippen molar-refractivity contribution in [2.24, 2.45) is 0 Å². The number of carbonyl (C=O) groups is 2. The molecule has 0 saturated carbocycles. The van der Waals surface area contributed by atoms with Gasteiger partial charge in [0.05, 0.1) is 5.02 Å². The first kappa shape index (κ1) is 15.4. The van der Waals surface area contributed by atoms with Gasteiger partial charge in [-0.15, -0.1) is 0 Å². The number of nitrogens with one attached hydrogen (secondary N) is 2. The van der Waals surface area contributed by atoms with Gasteiger partial charge in [-0.05, 0) is 24.6 Å². The van der Waals surface area contributed by atoms with Crippen LogP contribution < -0.4 is 10.0 Å². The number of hydrogen-bond acceptors (Lipinski definition) is 4. The number of piperidine rings is 1. The second-order valence-electron chi connectivity index (χ2n) is 4.20. The molecule has 1 saturated heterocycles. The Balaban J connectivity index is 2.23. The first-order valence-electron chi connectivity index (χ1n) is 5.60. The highest BCUT2D eigenvalue weighted by Crippen LogP contribution is 2.25. The molecule has 9 heteroatoms. The van der Waals surface area contributed by atoms with Crippen molar-refractivity contribution in [3.8, 4) is 0 Å². The summed E-state index contributed by atoms with van der Waals surface area (Å²) in [6.07, 6.45) is 0.213. The average molecular weight is 382 g/mol. The van der Waals surface area contributed by atoms with Crippen LogP contribution in [0.2, 0.25) is 5.02 Å². The predicted molar refractivity (Wildman–Crippen MR) is 75.6 cm³/mol. The Morgan fingerprint density at radius 3 is 2.65 bits per heavy atom. The Bertz CT molecular complexity index is 677. The smallest absolute Gasteiger partial charge is 0.244 e. The summed E-state index contributed by atoms with van der Waals surface area (Å²) in [5, 5.41) is 2.12. The maximum Gasteiger partial charge on any atom is 0.244 e. The van der Waals surface area contributed by atoms with Crippen molar-refractivity contribution in [1.82, 2.24) is 10.0 Å². The van der Waals surface area contributed by atoms with Gasteiger partial charge in [0.1, 0.15) is 10.9 Å². The number of benzene rings is 1. The third kappa shape index (κ3) is 3.38. The number of halogens is 2. The van der Waals surface area contributed by atoms with Crippen LogP contribution in [0.15, 0.2) is 27.6 Å². The van der Waals surface area contributed by atoms with Crippen LogP contribution in [0.3, 0.4) is 0 Å². The van der Waals surface area contributed by atoms with Crippen molar-refractivity contribution < 1.29 is 18.0 Å². The summed E-state index contributed by atoms with van der Waals surface area (Å²) in [5.74, 6) is -1.06. The highest BCUT2D eigenvalue weighted by atomic mass is 79.9. The van der Waals surface area contributed by atoms with E-state index >= 15 is 0 Å². The molecule has 1 heterocycles. The van der Waals surface area contributed by atoms with Crippen LogP contribution >= 0.6 is 27.5 Å². The summed E-state index contributed by atoms with van der Waals surface area (Å²) >= 11 is 9.06. The normalized spacial score (nSPS) is 19.8. The van der Waals surface area contributed by atoms with Crippen LogP contribution in [0.25, 0.3) is 0 Å². The average Bonchev–Trinajstić information content (AvgIpc) is 2.32. The van der Waals surface area contributed by atoms with E-state index in [2.05, 4.69) is 26.0 Å². The van der Waals surface area contributed by atoms with Crippen molar-refractivity contribution in [1.29, 1.82) is 0 Å². The largest absolute Gasteiger partial charge is 0.295 e. The lowest BCUT2D eigenvalue weighted by Gasteiger charge is -2.21. The molecule has 108 valence electrons. The SMILES string of the molecule is O=C1CCC(NS(=O)(=O)c2ccc(Br)cc2Cl)C(=O)N1. The fourth-order valence-corrected chi connectivity index (χ4v) is 4.02. The molecule has 2 amide bonds. The molecule has 1 unspecified atom stereocenters. The lowest BCUT2D eigenvalue weighted by atomic mass is 10.1. The minimum Gasteiger partial charge on any atom is -0.295 e. The molecular weight excluding hydrogens is 372 g/mol. The van der Waals surface area contributed by atoms with Crippen molar-refractivity contribution in [3.05, 3.63) is 27.7 Å². The Hall–Kier alpha value is -0.960. The van der Waals surface area contributed by atoms with E-state index in [-0.39, 0.29) is 22.8 Å². The van der Waals surface area contributed by atoms with Crippen molar-refractivity contribution in [2.45, 2.75) is 23.8 Å². The van der Waals surface area contributed by atoms with Gasteiger partial charge in [0, 0.05) is 10.9 Å². The molecule has 2 rings (SSSR count). The summed E-state index contributed by atoms with van der Waals surface area (Å²) in [5.41, 5.74) is 0. The van der Waals surface area contributed by atoms with Gasteiger partial charge in [-0.3, -0.25) is 14.9 Å². The predicted octanol–water partition coefficient (Wildman–Crippen LogP) is 1.19.